The van der Waals surface area contributed by atoms with E-state index < -0.39 is 28.7 Å². The molecule has 2 heterocycles. The number of pyridine rings is 1. The summed E-state index contributed by atoms with van der Waals surface area (Å²) in [5, 5.41) is 6.67. The zero-order valence-corrected chi connectivity index (χ0v) is 17.7. The molecule has 0 spiro atoms. The molecular formula is C24H20FN5O3. The fourth-order valence-electron chi connectivity index (χ4n) is 3.31. The van der Waals surface area contributed by atoms with Gasteiger partial charge in [0.15, 0.2) is 0 Å². The van der Waals surface area contributed by atoms with Gasteiger partial charge in [-0.15, -0.1) is 0 Å². The van der Waals surface area contributed by atoms with Gasteiger partial charge in [0, 0.05) is 18.9 Å². The highest BCUT2D eigenvalue weighted by Gasteiger charge is 2.20. The summed E-state index contributed by atoms with van der Waals surface area (Å²) in [6.45, 7) is 2.00. The Morgan fingerprint density at radius 1 is 1.00 bits per heavy atom. The number of nitrogens with zero attached hydrogens (tertiary/aromatic N) is 4. The Balaban J connectivity index is 1.78. The van der Waals surface area contributed by atoms with Crippen LogP contribution in [0.4, 0.5) is 4.39 Å². The van der Waals surface area contributed by atoms with Gasteiger partial charge in [-0.05, 0) is 54.4 Å². The van der Waals surface area contributed by atoms with Gasteiger partial charge < -0.3 is 5.32 Å². The minimum absolute atomic E-state index is 0.0479. The molecule has 0 unspecified atom stereocenters. The van der Waals surface area contributed by atoms with E-state index in [1.54, 1.807) is 30.6 Å². The molecule has 0 aliphatic rings. The fraction of sp³-hybridized carbons (Fsp3) is 0.125. The molecule has 0 radical (unpaired) electrons. The first-order valence-electron chi connectivity index (χ1n) is 10.1. The van der Waals surface area contributed by atoms with Crippen molar-refractivity contribution in [1.29, 1.82) is 0 Å². The Kier molecular flexibility index (Phi) is 6.21. The first kappa shape index (κ1) is 21.8. The van der Waals surface area contributed by atoms with Crippen LogP contribution in [-0.4, -0.2) is 25.2 Å². The van der Waals surface area contributed by atoms with E-state index >= 15 is 0 Å². The number of rotatable bonds is 6. The Bertz CT molecular complexity index is 1410. The van der Waals surface area contributed by atoms with Crippen LogP contribution in [0.5, 0.6) is 0 Å². The number of hydrogen-bond donors (Lipinski definition) is 1. The molecular weight excluding hydrogens is 425 g/mol. The monoisotopic (exact) mass is 445 g/mol. The molecule has 33 heavy (non-hydrogen) atoms. The van der Waals surface area contributed by atoms with Crippen molar-refractivity contribution in [2.45, 2.75) is 20.0 Å². The third-order valence-corrected chi connectivity index (χ3v) is 4.97. The lowest BCUT2D eigenvalue weighted by Crippen LogP contribution is -2.46. The lowest BCUT2D eigenvalue weighted by atomic mass is 10.1. The fourth-order valence-corrected chi connectivity index (χ4v) is 3.31. The Morgan fingerprint density at radius 3 is 2.42 bits per heavy atom. The van der Waals surface area contributed by atoms with Crippen molar-refractivity contribution < 1.29 is 9.18 Å². The molecule has 0 bridgehead atoms. The van der Waals surface area contributed by atoms with Gasteiger partial charge in [-0.2, -0.15) is 9.78 Å². The average molecular weight is 445 g/mol. The molecule has 8 nitrogen and oxygen atoms in total. The second kappa shape index (κ2) is 9.39. The van der Waals surface area contributed by atoms with E-state index in [4.69, 9.17) is 0 Å². The molecule has 2 aromatic heterocycles. The molecule has 0 aliphatic heterocycles. The predicted molar refractivity (Wildman–Crippen MR) is 120 cm³/mol. The number of carbonyl (C=O) groups excluding carboxylic acids is 1. The highest BCUT2D eigenvalue weighted by atomic mass is 19.1. The summed E-state index contributed by atoms with van der Waals surface area (Å²) >= 11 is 0. The smallest absolute Gasteiger partial charge is 0.346 e. The first-order chi connectivity index (χ1) is 15.9. The van der Waals surface area contributed by atoms with Crippen molar-refractivity contribution in [2.75, 3.05) is 0 Å². The molecule has 9 heteroatoms. The maximum absolute atomic E-state index is 13.4. The van der Waals surface area contributed by atoms with Gasteiger partial charge in [0.25, 0.3) is 11.5 Å². The van der Waals surface area contributed by atoms with Gasteiger partial charge in [0.1, 0.15) is 5.82 Å². The lowest BCUT2D eigenvalue weighted by molar-refractivity contribution is 0.0941. The van der Waals surface area contributed by atoms with Gasteiger partial charge in [-0.3, -0.25) is 19.1 Å². The van der Waals surface area contributed by atoms with Crippen LogP contribution in [0.3, 0.4) is 0 Å². The number of aryl methyl sites for hydroxylation is 1. The number of amides is 1. The summed E-state index contributed by atoms with van der Waals surface area (Å²) in [6, 6.07) is 15.8. The van der Waals surface area contributed by atoms with Crippen molar-refractivity contribution in [2.24, 2.45) is 0 Å². The first-order valence-corrected chi connectivity index (χ1v) is 10.1. The minimum Gasteiger partial charge on any atom is -0.346 e. The van der Waals surface area contributed by atoms with Crippen molar-refractivity contribution in [3.63, 3.8) is 0 Å². The summed E-state index contributed by atoms with van der Waals surface area (Å²) < 4.78 is 15.3. The Hall–Kier alpha value is -4.40. The molecule has 2 aromatic carbocycles. The highest BCUT2D eigenvalue weighted by molar-refractivity contribution is 5.91. The van der Waals surface area contributed by atoms with Gasteiger partial charge >= 0.3 is 5.69 Å². The van der Waals surface area contributed by atoms with Crippen molar-refractivity contribution in [1.82, 2.24) is 24.6 Å². The SMILES string of the molecule is Cc1cccc(Cn2c(=O)c(C(=O)NCc3ccncc3)nn(-c3ccc(F)cc3)c2=O)c1. The number of benzene rings is 2. The summed E-state index contributed by atoms with van der Waals surface area (Å²) in [7, 11) is 0. The molecule has 4 rings (SSSR count). The molecule has 0 saturated heterocycles. The molecule has 1 N–H and O–H groups in total. The lowest BCUT2D eigenvalue weighted by Gasteiger charge is -2.13. The number of aromatic nitrogens is 4. The van der Waals surface area contributed by atoms with Gasteiger partial charge in [0.05, 0.1) is 12.2 Å². The minimum atomic E-state index is -0.813. The van der Waals surface area contributed by atoms with Gasteiger partial charge in [-0.25, -0.2) is 9.18 Å². The van der Waals surface area contributed by atoms with E-state index in [1.807, 2.05) is 25.1 Å². The molecule has 0 fully saturated rings. The van der Waals surface area contributed by atoms with E-state index in [9.17, 15) is 18.8 Å². The van der Waals surface area contributed by atoms with Crippen LogP contribution < -0.4 is 16.6 Å². The number of hydrogen-bond acceptors (Lipinski definition) is 5. The van der Waals surface area contributed by atoms with E-state index in [1.165, 1.54) is 24.3 Å². The van der Waals surface area contributed by atoms with Crippen LogP contribution in [0.2, 0.25) is 0 Å². The van der Waals surface area contributed by atoms with E-state index in [0.29, 0.717) is 5.56 Å². The predicted octanol–water partition coefficient (Wildman–Crippen LogP) is 2.22. The number of nitrogens with one attached hydrogen (secondary N) is 1. The maximum atomic E-state index is 13.4. The topological polar surface area (TPSA) is 98.9 Å². The molecule has 0 saturated carbocycles. The molecule has 1 amide bonds. The van der Waals surface area contributed by atoms with Gasteiger partial charge in [-0.1, -0.05) is 29.8 Å². The number of carbonyl (C=O) groups is 1. The third kappa shape index (κ3) is 4.93. The van der Waals surface area contributed by atoms with Crippen molar-refractivity contribution >= 4 is 5.91 Å². The largest absolute Gasteiger partial charge is 0.352 e. The summed E-state index contributed by atoms with van der Waals surface area (Å²) in [4.78, 5) is 43.1. The summed E-state index contributed by atoms with van der Waals surface area (Å²) in [6.07, 6.45) is 3.17. The van der Waals surface area contributed by atoms with Crippen molar-refractivity contribution in [3.8, 4) is 5.69 Å². The standard InChI is InChI=1S/C24H20FN5O3/c1-16-3-2-4-18(13-16)15-29-23(32)21(22(31)27-14-17-9-11-26-12-10-17)28-30(24(29)33)20-7-5-19(25)6-8-20/h2-13H,14-15H2,1H3,(H,27,31). The van der Waals surface area contributed by atoms with Gasteiger partial charge in [0.2, 0.25) is 5.69 Å². The van der Waals surface area contributed by atoms with Crippen LogP contribution >= 0.6 is 0 Å². The summed E-state index contributed by atoms with van der Waals surface area (Å²) in [5.41, 5.74) is 0.692. The zero-order valence-electron chi connectivity index (χ0n) is 17.7. The highest BCUT2D eigenvalue weighted by Crippen LogP contribution is 2.07. The molecule has 166 valence electrons. The van der Waals surface area contributed by atoms with Crippen LogP contribution in [0.25, 0.3) is 5.69 Å². The third-order valence-electron chi connectivity index (χ3n) is 4.97. The molecule has 0 atom stereocenters. The normalized spacial score (nSPS) is 10.7. The van der Waals surface area contributed by atoms with Crippen LogP contribution in [-0.2, 0) is 13.1 Å². The van der Waals surface area contributed by atoms with E-state index in [0.717, 1.165) is 20.4 Å². The van der Waals surface area contributed by atoms with Crippen molar-refractivity contribution in [3.05, 3.63) is 122 Å². The van der Waals surface area contributed by atoms with Crippen LogP contribution in [0, 0.1) is 12.7 Å². The van der Waals surface area contributed by atoms with E-state index in [-0.39, 0.29) is 18.8 Å². The molecule has 0 aliphatic carbocycles. The summed E-state index contributed by atoms with van der Waals surface area (Å²) in [5.74, 6) is -1.22. The quantitative estimate of drug-likeness (QED) is 0.491. The van der Waals surface area contributed by atoms with Crippen LogP contribution in [0.1, 0.15) is 27.2 Å². The second-order valence-corrected chi connectivity index (χ2v) is 7.44. The average Bonchev–Trinajstić information content (AvgIpc) is 2.82. The second-order valence-electron chi connectivity index (χ2n) is 7.44. The Morgan fingerprint density at radius 2 is 1.73 bits per heavy atom. The zero-order chi connectivity index (χ0) is 23.4. The molecule has 4 aromatic rings. The van der Waals surface area contributed by atoms with E-state index in [2.05, 4.69) is 15.4 Å². The number of halogens is 1. The Labute approximate surface area is 188 Å². The maximum Gasteiger partial charge on any atom is 0.352 e. The van der Waals surface area contributed by atoms with Crippen LogP contribution in [0.15, 0.2) is 82.6 Å².